The van der Waals surface area contributed by atoms with Crippen LogP contribution >= 0.6 is 0 Å². The molecular formula is C6H9F2N3O. The standard InChI is InChI=1S/C6H9F2N3O/c1-3(9)2-4-10-6(5(7)8)12-11-4/h3,5H,2,9H2,1H3. The van der Waals surface area contributed by atoms with Crippen LogP contribution in [-0.2, 0) is 6.42 Å². The van der Waals surface area contributed by atoms with E-state index < -0.39 is 12.3 Å². The van der Waals surface area contributed by atoms with Crippen LogP contribution in [0.25, 0.3) is 0 Å². The Bertz CT molecular complexity index is 249. The van der Waals surface area contributed by atoms with Crippen LogP contribution in [0, 0.1) is 0 Å². The molecular weight excluding hydrogens is 168 g/mol. The lowest BCUT2D eigenvalue weighted by Gasteiger charge is -1.96. The van der Waals surface area contributed by atoms with Gasteiger partial charge in [0, 0.05) is 12.5 Å². The quantitative estimate of drug-likeness (QED) is 0.744. The lowest BCUT2D eigenvalue weighted by molar-refractivity contribution is 0.106. The molecule has 2 N–H and O–H groups in total. The first-order valence-electron chi connectivity index (χ1n) is 3.46. The molecule has 0 saturated carbocycles. The Morgan fingerprint density at radius 2 is 2.25 bits per heavy atom. The average Bonchev–Trinajstić information content (AvgIpc) is 2.34. The Morgan fingerprint density at radius 1 is 1.58 bits per heavy atom. The van der Waals surface area contributed by atoms with Gasteiger partial charge in [0.1, 0.15) is 0 Å². The highest BCUT2D eigenvalue weighted by Gasteiger charge is 2.16. The van der Waals surface area contributed by atoms with E-state index in [1.54, 1.807) is 6.92 Å². The van der Waals surface area contributed by atoms with E-state index in [0.717, 1.165) is 0 Å². The summed E-state index contributed by atoms with van der Waals surface area (Å²) in [4.78, 5) is 3.44. The monoisotopic (exact) mass is 177 g/mol. The van der Waals surface area contributed by atoms with Gasteiger partial charge < -0.3 is 10.3 Å². The van der Waals surface area contributed by atoms with E-state index in [-0.39, 0.29) is 11.9 Å². The molecule has 68 valence electrons. The molecule has 1 aromatic rings. The molecule has 1 aromatic heterocycles. The zero-order valence-electron chi connectivity index (χ0n) is 6.50. The summed E-state index contributed by atoms with van der Waals surface area (Å²) in [6.45, 7) is 1.73. The minimum Gasteiger partial charge on any atom is -0.333 e. The van der Waals surface area contributed by atoms with E-state index in [1.807, 2.05) is 0 Å². The van der Waals surface area contributed by atoms with Crippen molar-refractivity contribution in [2.45, 2.75) is 25.8 Å². The molecule has 0 aromatic carbocycles. The lowest BCUT2D eigenvalue weighted by atomic mass is 10.2. The second-order valence-corrected chi connectivity index (χ2v) is 2.53. The fourth-order valence-corrected chi connectivity index (χ4v) is 0.727. The molecule has 1 atom stereocenters. The summed E-state index contributed by atoms with van der Waals surface area (Å²) in [6, 6.07) is -0.159. The van der Waals surface area contributed by atoms with Crippen molar-refractivity contribution in [1.82, 2.24) is 10.1 Å². The zero-order valence-corrected chi connectivity index (χ0v) is 6.50. The average molecular weight is 177 g/mol. The molecule has 1 heterocycles. The van der Waals surface area contributed by atoms with Crippen molar-refractivity contribution in [3.8, 4) is 0 Å². The molecule has 0 aliphatic heterocycles. The fraction of sp³-hybridized carbons (Fsp3) is 0.667. The van der Waals surface area contributed by atoms with Crippen LogP contribution in [0.5, 0.6) is 0 Å². The highest BCUT2D eigenvalue weighted by Crippen LogP contribution is 2.15. The van der Waals surface area contributed by atoms with Crippen molar-refractivity contribution in [3.63, 3.8) is 0 Å². The second-order valence-electron chi connectivity index (χ2n) is 2.53. The highest BCUT2D eigenvalue weighted by molar-refractivity contribution is 4.89. The molecule has 1 unspecified atom stereocenters. The predicted molar refractivity (Wildman–Crippen MR) is 36.6 cm³/mol. The van der Waals surface area contributed by atoms with Gasteiger partial charge in [-0.3, -0.25) is 0 Å². The van der Waals surface area contributed by atoms with Crippen molar-refractivity contribution < 1.29 is 13.3 Å². The molecule has 0 saturated heterocycles. The number of nitrogens with two attached hydrogens (primary N) is 1. The molecule has 6 heteroatoms. The lowest BCUT2D eigenvalue weighted by Crippen LogP contribution is -2.18. The molecule has 0 spiro atoms. The number of alkyl halides is 2. The van der Waals surface area contributed by atoms with Crippen LogP contribution in [0.3, 0.4) is 0 Å². The summed E-state index contributed by atoms with van der Waals surface area (Å²) in [6.07, 6.45) is -2.37. The van der Waals surface area contributed by atoms with E-state index in [4.69, 9.17) is 5.73 Å². The maximum absolute atomic E-state index is 11.9. The van der Waals surface area contributed by atoms with Gasteiger partial charge in [0.05, 0.1) is 0 Å². The Balaban J connectivity index is 2.64. The number of aromatic nitrogens is 2. The van der Waals surface area contributed by atoms with Gasteiger partial charge >= 0.3 is 6.43 Å². The molecule has 0 amide bonds. The number of hydrogen-bond acceptors (Lipinski definition) is 4. The predicted octanol–water partition coefficient (Wildman–Crippen LogP) is 0.897. The largest absolute Gasteiger partial charge is 0.333 e. The second kappa shape index (κ2) is 3.57. The number of nitrogens with zero attached hydrogens (tertiary/aromatic N) is 2. The molecule has 0 fully saturated rings. The van der Waals surface area contributed by atoms with Gasteiger partial charge in [0.2, 0.25) is 0 Å². The van der Waals surface area contributed by atoms with E-state index in [1.165, 1.54) is 0 Å². The summed E-state index contributed by atoms with van der Waals surface area (Å²) in [5.41, 5.74) is 5.40. The SMILES string of the molecule is CC(N)Cc1noc(C(F)F)n1. The molecule has 0 aliphatic carbocycles. The van der Waals surface area contributed by atoms with Crippen molar-refractivity contribution >= 4 is 0 Å². The topological polar surface area (TPSA) is 64.9 Å². The van der Waals surface area contributed by atoms with E-state index in [2.05, 4.69) is 14.7 Å². The Labute approximate surface area is 67.7 Å². The summed E-state index contributed by atoms with van der Waals surface area (Å²) < 4.78 is 28.0. The number of halogens is 2. The molecule has 0 bridgehead atoms. The fourth-order valence-electron chi connectivity index (χ4n) is 0.727. The minimum absolute atomic E-state index is 0.159. The number of hydrogen-bond donors (Lipinski definition) is 1. The summed E-state index contributed by atoms with van der Waals surface area (Å²) in [7, 11) is 0. The van der Waals surface area contributed by atoms with Gasteiger partial charge in [-0.1, -0.05) is 5.16 Å². The summed E-state index contributed by atoms with van der Waals surface area (Å²) in [5.74, 6) is -0.425. The van der Waals surface area contributed by atoms with Gasteiger partial charge in [0.15, 0.2) is 5.82 Å². The summed E-state index contributed by atoms with van der Waals surface area (Å²) >= 11 is 0. The molecule has 1 rings (SSSR count). The minimum atomic E-state index is -2.71. The zero-order chi connectivity index (χ0) is 9.14. The van der Waals surface area contributed by atoms with E-state index >= 15 is 0 Å². The van der Waals surface area contributed by atoms with E-state index in [9.17, 15) is 8.78 Å². The molecule has 0 aliphatic rings. The van der Waals surface area contributed by atoms with Crippen LogP contribution in [0.15, 0.2) is 4.52 Å². The number of rotatable bonds is 3. The van der Waals surface area contributed by atoms with Crippen LogP contribution in [0.1, 0.15) is 25.1 Å². The third kappa shape index (κ3) is 2.23. The maximum Gasteiger partial charge on any atom is 0.315 e. The third-order valence-corrected chi connectivity index (χ3v) is 1.18. The Hall–Kier alpha value is -1.04. The van der Waals surface area contributed by atoms with Crippen molar-refractivity contribution in [2.24, 2.45) is 5.73 Å². The highest BCUT2D eigenvalue weighted by atomic mass is 19.3. The molecule has 0 radical (unpaired) electrons. The van der Waals surface area contributed by atoms with Gasteiger partial charge in [-0.25, -0.2) is 0 Å². The Morgan fingerprint density at radius 3 is 2.67 bits per heavy atom. The smallest absolute Gasteiger partial charge is 0.315 e. The Kier molecular flexibility index (Phi) is 2.69. The maximum atomic E-state index is 11.9. The van der Waals surface area contributed by atoms with Crippen LogP contribution < -0.4 is 5.73 Å². The normalized spacial score (nSPS) is 13.8. The first kappa shape index (κ1) is 9.05. The summed E-state index contributed by atoms with van der Waals surface area (Å²) in [5, 5.41) is 3.33. The van der Waals surface area contributed by atoms with Crippen molar-refractivity contribution in [3.05, 3.63) is 11.7 Å². The first-order valence-corrected chi connectivity index (χ1v) is 3.46. The van der Waals surface area contributed by atoms with Gasteiger partial charge in [0.25, 0.3) is 5.89 Å². The molecule has 12 heavy (non-hydrogen) atoms. The van der Waals surface area contributed by atoms with Crippen LogP contribution in [0.2, 0.25) is 0 Å². The van der Waals surface area contributed by atoms with Crippen molar-refractivity contribution in [2.75, 3.05) is 0 Å². The van der Waals surface area contributed by atoms with Crippen molar-refractivity contribution in [1.29, 1.82) is 0 Å². The molecule has 4 nitrogen and oxygen atoms in total. The first-order chi connectivity index (χ1) is 5.59. The van der Waals surface area contributed by atoms with Crippen LogP contribution in [-0.4, -0.2) is 16.2 Å². The van der Waals surface area contributed by atoms with Gasteiger partial charge in [-0.15, -0.1) is 0 Å². The van der Waals surface area contributed by atoms with Gasteiger partial charge in [-0.2, -0.15) is 13.8 Å². The van der Waals surface area contributed by atoms with E-state index in [0.29, 0.717) is 6.42 Å². The van der Waals surface area contributed by atoms with Gasteiger partial charge in [-0.05, 0) is 6.92 Å². The van der Waals surface area contributed by atoms with Crippen LogP contribution in [0.4, 0.5) is 8.78 Å². The third-order valence-electron chi connectivity index (χ3n) is 1.18.